The van der Waals surface area contributed by atoms with E-state index in [1.807, 2.05) is 0 Å². The van der Waals surface area contributed by atoms with Gasteiger partial charge < -0.3 is 10.0 Å². The van der Waals surface area contributed by atoms with E-state index in [0.29, 0.717) is 0 Å². The summed E-state index contributed by atoms with van der Waals surface area (Å²) in [6.07, 6.45) is -5.61. The van der Waals surface area contributed by atoms with E-state index in [1.165, 1.54) is 0 Å². The summed E-state index contributed by atoms with van der Waals surface area (Å²) in [6.45, 7) is 0.289. The Balaban J connectivity index is 2.06. The Morgan fingerprint density at radius 1 is 1.33 bits per heavy atom. The van der Waals surface area contributed by atoms with Crippen molar-refractivity contribution in [2.24, 2.45) is 11.3 Å². The average molecular weight is 265 g/mol. The lowest BCUT2D eigenvalue weighted by Gasteiger charge is -2.37. The zero-order chi connectivity index (χ0) is 13.6. The number of Topliss-reactive ketones (excluding diaryl/α,β-unsaturated/α-hetero) is 1. The molecule has 1 aliphatic carbocycles. The van der Waals surface area contributed by atoms with Crippen molar-refractivity contribution in [3.05, 3.63) is 0 Å². The predicted molar refractivity (Wildman–Crippen MR) is 55.1 cm³/mol. The van der Waals surface area contributed by atoms with Crippen LogP contribution in [0.5, 0.6) is 0 Å². The van der Waals surface area contributed by atoms with Crippen LogP contribution >= 0.6 is 0 Å². The summed E-state index contributed by atoms with van der Waals surface area (Å²) < 4.78 is 37.9. The quantitative estimate of drug-likeness (QED) is 0.731. The first-order chi connectivity index (χ1) is 8.24. The van der Waals surface area contributed by atoms with Gasteiger partial charge in [0.1, 0.15) is 5.78 Å². The first-order valence-corrected chi connectivity index (χ1v) is 5.82. The van der Waals surface area contributed by atoms with Gasteiger partial charge in [0, 0.05) is 24.9 Å². The standard InChI is InChI=1S/C11H14F3NO3/c12-11(13,14)7-5-8(16)10(6-7)1-3-15(4-2-10)9(17)18/h7H,1-6H2,(H,17,18). The Kier molecular flexibility index (Phi) is 3.03. The molecule has 2 fully saturated rings. The Hall–Kier alpha value is -1.27. The van der Waals surface area contributed by atoms with Gasteiger partial charge in [-0.25, -0.2) is 4.79 Å². The van der Waals surface area contributed by atoms with Gasteiger partial charge in [-0.15, -0.1) is 0 Å². The van der Waals surface area contributed by atoms with Crippen molar-refractivity contribution in [3.8, 4) is 0 Å². The van der Waals surface area contributed by atoms with Crippen molar-refractivity contribution in [3.63, 3.8) is 0 Å². The topological polar surface area (TPSA) is 57.6 Å². The molecule has 7 heteroatoms. The van der Waals surface area contributed by atoms with Crippen LogP contribution in [0.2, 0.25) is 0 Å². The molecule has 1 unspecified atom stereocenters. The van der Waals surface area contributed by atoms with E-state index < -0.39 is 30.0 Å². The molecule has 0 aromatic rings. The molecule has 18 heavy (non-hydrogen) atoms. The number of carbonyl (C=O) groups excluding carboxylic acids is 1. The van der Waals surface area contributed by atoms with E-state index in [-0.39, 0.29) is 38.1 Å². The minimum Gasteiger partial charge on any atom is -0.465 e. The molecule has 1 N–H and O–H groups in total. The normalized spacial score (nSPS) is 27.8. The molecule has 102 valence electrons. The number of alkyl halides is 3. The van der Waals surface area contributed by atoms with Crippen molar-refractivity contribution in [1.29, 1.82) is 0 Å². The monoisotopic (exact) mass is 265 g/mol. The van der Waals surface area contributed by atoms with Gasteiger partial charge in [-0.05, 0) is 19.3 Å². The molecule has 0 bridgehead atoms. The van der Waals surface area contributed by atoms with Crippen molar-refractivity contribution >= 4 is 11.9 Å². The average Bonchev–Trinajstić information content (AvgIpc) is 2.57. The Bertz CT molecular complexity index is 372. The third kappa shape index (κ3) is 2.18. The fourth-order valence-corrected chi connectivity index (χ4v) is 2.94. The molecule has 1 saturated carbocycles. The van der Waals surface area contributed by atoms with E-state index >= 15 is 0 Å². The van der Waals surface area contributed by atoms with Crippen LogP contribution in [-0.2, 0) is 4.79 Å². The van der Waals surface area contributed by atoms with E-state index in [1.54, 1.807) is 0 Å². The number of nitrogens with zero attached hydrogens (tertiary/aromatic N) is 1. The highest BCUT2D eigenvalue weighted by Gasteiger charge is 2.55. The highest BCUT2D eigenvalue weighted by atomic mass is 19.4. The number of amides is 1. The van der Waals surface area contributed by atoms with Crippen LogP contribution < -0.4 is 0 Å². The second-order valence-corrected chi connectivity index (χ2v) is 5.12. The molecule has 1 aliphatic heterocycles. The summed E-state index contributed by atoms with van der Waals surface area (Å²) in [5.41, 5.74) is -0.938. The molecule has 0 aromatic carbocycles. The molecule has 2 aliphatic rings. The lowest BCUT2D eigenvalue weighted by molar-refractivity contribution is -0.175. The van der Waals surface area contributed by atoms with Gasteiger partial charge in [0.05, 0.1) is 5.92 Å². The molecular formula is C11H14F3NO3. The first kappa shape index (κ1) is 13.2. The largest absolute Gasteiger partial charge is 0.465 e. The lowest BCUT2D eigenvalue weighted by atomic mass is 9.75. The maximum absolute atomic E-state index is 12.6. The van der Waals surface area contributed by atoms with Gasteiger partial charge in [-0.1, -0.05) is 0 Å². The fourth-order valence-electron chi connectivity index (χ4n) is 2.94. The van der Waals surface area contributed by atoms with Crippen LogP contribution in [0.3, 0.4) is 0 Å². The zero-order valence-corrected chi connectivity index (χ0v) is 9.66. The zero-order valence-electron chi connectivity index (χ0n) is 9.66. The Labute approximate surface area is 102 Å². The summed E-state index contributed by atoms with van der Waals surface area (Å²) in [5.74, 6) is -1.91. The molecule has 1 atom stereocenters. The van der Waals surface area contributed by atoms with Gasteiger partial charge in [0.15, 0.2) is 0 Å². The number of carbonyl (C=O) groups is 2. The Morgan fingerprint density at radius 2 is 1.89 bits per heavy atom. The Morgan fingerprint density at radius 3 is 2.28 bits per heavy atom. The molecule has 0 aromatic heterocycles. The number of piperidine rings is 1. The van der Waals surface area contributed by atoms with Crippen LogP contribution in [-0.4, -0.2) is 41.1 Å². The first-order valence-electron chi connectivity index (χ1n) is 5.82. The second-order valence-electron chi connectivity index (χ2n) is 5.12. The van der Waals surface area contributed by atoms with Gasteiger partial charge in [0.2, 0.25) is 0 Å². The van der Waals surface area contributed by atoms with E-state index in [4.69, 9.17) is 5.11 Å². The summed E-state index contributed by atoms with van der Waals surface area (Å²) in [6, 6.07) is 0. The smallest absolute Gasteiger partial charge is 0.407 e. The van der Waals surface area contributed by atoms with Crippen molar-refractivity contribution in [1.82, 2.24) is 4.90 Å². The molecule has 1 amide bonds. The minimum atomic E-state index is -4.33. The number of ketones is 1. The third-order valence-electron chi connectivity index (χ3n) is 4.11. The highest BCUT2D eigenvalue weighted by molar-refractivity contribution is 5.87. The van der Waals surface area contributed by atoms with Crippen LogP contribution in [0.4, 0.5) is 18.0 Å². The summed E-state index contributed by atoms with van der Waals surface area (Å²) >= 11 is 0. The molecule has 1 saturated heterocycles. The maximum atomic E-state index is 12.6. The molecular weight excluding hydrogens is 251 g/mol. The van der Waals surface area contributed by atoms with Crippen LogP contribution in [0.25, 0.3) is 0 Å². The van der Waals surface area contributed by atoms with E-state index in [2.05, 4.69) is 0 Å². The van der Waals surface area contributed by atoms with Gasteiger partial charge in [-0.2, -0.15) is 13.2 Å². The minimum absolute atomic E-state index is 0.144. The number of rotatable bonds is 0. The van der Waals surface area contributed by atoms with Gasteiger partial charge in [-0.3, -0.25) is 4.79 Å². The van der Waals surface area contributed by atoms with E-state index in [0.717, 1.165) is 4.90 Å². The van der Waals surface area contributed by atoms with E-state index in [9.17, 15) is 22.8 Å². The fraction of sp³-hybridized carbons (Fsp3) is 0.818. The van der Waals surface area contributed by atoms with Crippen LogP contribution in [0.1, 0.15) is 25.7 Å². The van der Waals surface area contributed by atoms with Gasteiger partial charge >= 0.3 is 12.3 Å². The van der Waals surface area contributed by atoms with Crippen LogP contribution in [0.15, 0.2) is 0 Å². The maximum Gasteiger partial charge on any atom is 0.407 e. The molecule has 0 radical (unpaired) electrons. The summed E-state index contributed by atoms with van der Waals surface area (Å²) in [7, 11) is 0. The number of halogens is 3. The van der Waals surface area contributed by atoms with Crippen LogP contribution in [0, 0.1) is 11.3 Å². The van der Waals surface area contributed by atoms with Crippen molar-refractivity contribution in [2.75, 3.05) is 13.1 Å². The molecule has 4 nitrogen and oxygen atoms in total. The SMILES string of the molecule is O=C(O)N1CCC2(CC1)CC(C(F)(F)F)CC2=O. The van der Waals surface area contributed by atoms with Crippen molar-refractivity contribution < 1.29 is 27.9 Å². The number of hydrogen-bond donors (Lipinski definition) is 1. The number of carboxylic acid groups (broad SMARTS) is 1. The summed E-state index contributed by atoms with van der Waals surface area (Å²) in [4.78, 5) is 23.7. The second kappa shape index (κ2) is 4.13. The predicted octanol–water partition coefficient (Wildman–Crippen LogP) is 2.29. The summed E-state index contributed by atoms with van der Waals surface area (Å²) in [5, 5.41) is 8.78. The lowest BCUT2D eigenvalue weighted by Crippen LogP contribution is -2.44. The third-order valence-corrected chi connectivity index (χ3v) is 4.11. The molecule has 2 rings (SSSR count). The van der Waals surface area contributed by atoms with Crippen molar-refractivity contribution in [2.45, 2.75) is 31.9 Å². The number of likely N-dealkylation sites (tertiary alicyclic amines) is 1. The molecule has 1 heterocycles. The number of hydrogen-bond acceptors (Lipinski definition) is 2. The molecule has 1 spiro atoms. The van der Waals surface area contributed by atoms with Gasteiger partial charge in [0.25, 0.3) is 0 Å². The highest BCUT2D eigenvalue weighted by Crippen LogP contribution is 2.51.